The minimum atomic E-state index is 0.696. The number of nitrogens with zero attached hydrogens (tertiary/aromatic N) is 2. The minimum Gasteiger partial charge on any atom is -0.317 e. The lowest BCUT2D eigenvalue weighted by Gasteiger charge is -2.34. The van der Waals surface area contributed by atoms with E-state index in [4.69, 9.17) is 5.26 Å². The Balaban J connectivity index is 2.07. The average molecular weight is 257 g/mol. The van der Waals surface area contributed by atoms with Crippen molar-refractivity contribution >= 4 is 0 Å². The van der Waals surface area contributed by atoms with E-state index in [-0.39, 0.29) is 0 Å². The van der Waals surface area contributed by atoms with Crippen molar-refractivity contribution in [3.05, 3.63) is 34.9 Å². The van der Waals surface area contributed by atoms with Crippen molar-refractivity contribution in [3.63, 3.8) is 0 Å². The number of hydrogen-bond acceptors (Lipinski definition) is 3. The van der Waals surface area contributed by atoms with E-state index in [1.54, 1.807) is 0 Å². The first-order chi connectivity index (χ1) is 9.24. The Bertz CT molecular complexity index is 456. The molecule has 1 fully saturated rings. The van der Waals surface area contributed by atoms with Gasteiger partial charge in [0, 0.05) is 12.6 Å². The Hall–Kier alpha value is -1.37. The van der Waals surface area contributed by atoms with Gasteiger partial charge in [-0.2, -0.15) is 5.26 Å². The van der Waals surface area contributed by atoms with Crippen molar-refractivity contribution in [3.8, 4) is 6.07 Å². The fourth-order valence-corrected chi connectivity index (χ4v) is 2.83. The molecule has 3 nitrogen and oxygen atoms in total. The Kier molecular flexibility index (Phi) is 4.95. The van der Waals surface area contributed by atoms with Crippen LogP contribution in [0.4, 0.5) is 0 Å². The standard InChI is InChI=1S/C16H23N3/c1-3-19(16-6-8-18-9-7-16)12-15-5-4-14(11-17)10-13(15)2/h4-5,10,16,18H,3,6-9,12H2,1-2H3. The molecule has 0 unspecified atom stereocenters. The fourth-order valence-electron chi connectivity index (χ4n) is 2.83. The predicted molar refractivity (Wildman–Crippen MR) is 77.9 cm³/mol. The summed E-state index contributed by atoms with van der Waals surface area (Å²) in [4.78, 5) is 2.56. The maximum Gasteiger partial charge on any atom is 0.0991 e. The molecule has 19 heavy (non-hydrogen) atoms. The van der Waals surface area contributed by atoms with Crippen LogP contribution in [-0.4, -0.2) is 30.6 Å². The van der Waals surface area contributed by atoms with Crippen molar-refractivity contribution in [1.29, 1.82) is 5.26 Å². The van der Waals surface area contributed by atoms with Crippen molar-refractivity contribution in [2.24, 2.45) is 0 Å². The van der Waals surface area contributed by atoms with Gasteiger partial charge in [-0.05, 0) is 62.7 Å². The molecule has 0 saturated carbocycles. The molecular formula is C16H23N3. The van der Waals surface area contributed by atoms with Crippen LogP contribution in [-0.2, 0) is 6.54 Å². The van der Waals surface area contributed by atoms with Crippen LogP contribution in [0.15, 0.2) is 18.2 Å². The third-order valence-electron chi connectivity index (χ3n) is 4.08. The highest BCUT2D eigenvalue weighted by molar-refractivity contribution is 5.37. The van der Waals surface area contributed by atoms with Crippen LogP contribution in [0.1, 0.15) is 36.5 Å². The van der Waals surface area contributed by atoms with Gasteiger partial charge in [0.05, 0.1) is 11.6 Å². The maximum absolute atomic E-state index is 8.92. The molecule has 0 radical (unpaired) electrons. The summed E-state index contributed by atoms with van der Waals surface area (Å²) in [5.41, 5.74) is 3.33. The Morgan fingerprint density at radius 2 is 2.11 bits per heavy atom. The van der Waals surface area contributed by atoms with E-state index in [0.29, 0.717) is 6.04 Å². The first kappa shape index (κ1) is 14.0. The fraction of sp³-hybridized carbons (Fsp3) is 0.562. The molecule has 0 aliphatic carbocycles. The molecule has 1 aliphatic rings. The molecule has 2 rings (SSSR count). The molecule has 1 aromatic rings. The van der Waals surface area contributed by atoms with Crippen molar-refractivity contribution in [2.75, 3.05) is 19.6 Å². The third-order valence-corrected chi connectivity index (χ3v) is 4.08. The van der Waals surface area contributed by atoms with E-state index in [1.807, 2.05) is 12.1 Å². The van der Waals surface area contributed by atoms with Crippen LogP contribution in [0, 0.1) is 18.3 Å². The lowest BCUT2D eigenvalue weighted by atomic mass is 10.0. The predicted octanol–water partition coefficient (Wildman–Crippen LogP) is 2.44. The summed E-state index contributed by atoms with van der Waals surface area (Å²) in [6, 6.07) is 8.93. The van der Waals surface area contributed by atoms with E-state index in [0.717, 1.165) is 31.7 Å². The third kappa shape index (κ3) is 3.56. The summed E-state index contributed by atoms with van der Waals surface area (Å²) >= 11 is 0. The van der Waals surface area contributed by atoms with Gasteiger partial charge in [0.15, 0.2) is 0 Å². The highest BCUT2D eigenvalue weighted by Crippen LogP contribution is 2.18. The van der Waals surface area contributed by atoms with Crippen LogP contribution in [0.2, 0.25) is 0 Å². The molecule has 1 aromatic carbocycles. The van der Waals surface area contributed by atoms with Crippen molar-refractivity contribution in [1.82, 2.24) is 10.2 Å². The summed E-state index contributed by atoms with van der Waals surface area (Å²) < 4.78 is 0. The molecule has 0 aromatic heterocycles. The SMILES string of the molecule is CCN(Cc1ccc(C#N)cc1C)C1CCNCC1. The summed E-state index contributed by atoms with van der Waals surface area (Å²) in [7, 11) is 0. The van der Waals surface area contributed by atoms with E-state index < -0.39 is 0 Å². The van der Waals surface area contributed by atoms with Gasteiger partial charge in [0.1, 0.15) is 0 Å². The first-order valence-electron chi connectivity index (χ1n) is 7.19. The van der Waals surface area contributed by atoms with Crippen LogP contribution in [0.5, 0.6) is 0 Å². The maximum atomic E-state index is 8.92. The van der Waals surface area contributed by atoms with Gasteiger partial charge in [-0.25, -0.2) is 0 Å². The summed E-state index contributed by atoms with van der Waals surface area (Å²) in [6.07, 6.45) is 2.48. The quantitative estimate of drug-likeness (QED) is 0.900. The molecule has 1 saturated heterocycles. The Morgan fingerprint density at radius 1 is 1.37 bits per heavy atom. The second-order valence-electron chi connectivity index (χ2n) is 5.30. The number of benzene rings is 1. The smallest absolute Gasteiger partial charge is 0.0991 e. The van der Waals surface area contributed by atoms with E-state index in [9.17, 15) is 0 Å². The zero-order valence-corrected chi connectivity index (χ0v) is 11.9. The second-order valence-corrected chi connectivity index (χ2v) is 5.30. The molecule has 0 amide bonds. The van der Waals surface area contributed by atoms with E-state index >= 15 is 0 Å². The average Bonchev–Trinajstić information content (AvgIpc) is 2.47. The number of aryl methyl sites for hydroxylation is 1. The number of piperidine rings is 1. The lowest BCUT2D eigenvalue weighted by molar-refractivity contribution is 0.162. The molecule has 1 heterocycles. The Morgan fingerprint density at radius 3 is 2.68 bits per heavy atom. The Labute approximate surface area is 116 Å². The van der Waals surface area contributed by atoms with E-state index in [2.05, 4.69) is 36.2 Å². The van der Waals surface area contributed by atoms with Crippen molar-refractivity contribution < 1.29 is 0 Å². The summed E-state index contributed by atoms with van der Waals surface area (Å²) in [6.45, 7) is 8.69. The van der Waals surface area contributed by atoms with Gasteiger partial charge < -0.3 is 5.32 Å². The highest BCUT2D eigenvalue weighted by atomic mass is 15.2. The zero-order valence-electron chi connectivity index (χ0n) is 11.9. The lowest BCUT2D eigenvalue weighted by Crippen LogP contribution is -2.42. The van der Waals surface area contributed by atoms with Gasteiger partial charge in [0.25, 0.3) is 0 Å². The van der Waals surface area contributed by atoms with Gasteiger partial charge in [-0.1, -0.05) is 13.0 Å². The minimum absolute atomic E-state index is 0.696. The van der Waals surface area contributed by atoms with Crippen LogP contribution < -0.4 is 5.32 Å². The van der Waals surface area contributed by atoms with Crippen molar-refractivity contribution in [2.45, 2.75) is 39.3 Å². The molecule has 1 N–H and O–H groups in total. The number of nitrogens with one attached hydrogen (secondary N) is 1. The molecule has 0 atom stereocenters. The van der Waals surface area contributed by atoms with Crippen LogP contribution in [0.3, 0.4) is 0 Å². The highest BCUT2D eigenvalue weighted by Gasteiger charge is 2.20. The number of hydrogen-bond donors (Lipinski definition) is 1. The molecule has 3 heteroatoms. The van der Waals surface area contributed by atoms with Gasteiger partial charge in [-0.3, -0.25) is 4.90 Å². The van der Waals surface area contributed by atoms with E-state index in [1.165, 1.54) is 24.0 Å². The summed E-state index contributed by atoms with van der Waals surface area (Å²) in [5.74, 6) is 0. The van der Waals surface area contributed by atoms with Gasteiger partial charge in [-0.15, -0.1) is 0 Å². The normalized spacial score (nSPS) is 16.5. The number of rotatable bonds is 4. The van der Waals surface area contributed by atoms with Crippen LogP contribution in [0.25, 0.3) is 0 Å². The number of nitriles is 1. The molecule has 102 valence electrons. The summed E-state index contributed by atoms with van der Waals surface area (Å²) in [5, 5.41) is 12.3. The second kappa shape index (κ2) is 6.70. The topological polar surface area (TPSA) is 39.1 Å². The zero-order chi connectivity index (χ0) is 13.7. The molecule has 0 spiro atoms. The molecule has 1 aliphatic heterocycles. The van der Waals surface area contributed by atoms with Gasteiger partial charge >= 0.3 is 0 Å². The first-order valence-corrected chi connectivity index (χ1v) is 7.19. The molecule has 0 bridgehead atoms. The van der Waals surface area contributed by atoms with Gasteiger partial charge in [0.2, 0.25) is 0 Å². The van der Waals surface area contributed by atoms with Crippen LogP contribution >= 0.6 is 0 Å². The molecular weight excluding hydrogens is 234 g/mol. The largest absolute Gasteiger partial charge is 0.317 e. The monoisotopic (exact) mass is 257 g/mol.